The summed E-state index contributed by atoms with van der Waals surface area (Å²) in [7, 11) is 2.12. The molecular weight excluding hydrogens is 234 g/mol. The standard InChI is InChI=1S/C16H29N3/c1-7-8-17-11-14-9-13(2)18-15(10-14)19(6)12-16(3,4)5/h9-10,17H,7-8,11-12H2,1-6H3. The molecule has 0 amide bonds. The maximum atomic E-state index is 4.64. The number of hydrogen-bond donors (Lipinski definition) is 1. The highest BCUT2D eigenvalue weighted by Crippen LogP contribution is 2.20. The Labute approximate surface area is 118 Å². The number of rotatable bonds is 6. The van der Waals surface area contributed by atoms with E-state index in [2.05, 4.69) is 69.0 Å². The van der Waals surface area contributed by atoms with E-state index in [1.165, 1.54) is 12.0 Å². The van der Waals surface area contributed by atoms with Gasteiger partial charge in [0, 0.05) is 25.8 Å². The van der Waals surface area contributed by atoms with E-state index in [-0.39, 0.29) is 5.41 Å². The van der Waals surface area contributed by atoms with Gasteiger partial charge in [0.1, 0.15) is 5.82 Å². The van der Waals surface area contributed by atoms with Crippen LogP contribution in [0.3, 0.4) is 0 Å². The minimum Gasteiger partial charge on any atom is -0.359 e. The quantitative estimate of drug-likeness (QED) is 0.798. The van der Waals surface area contributed by atoms with Crippen LogP contribution in [0.15, 0.2) is 12.1 Å². The zero-order valence-electron chi connectivity index (χ0n) is 13.4. The van der Waals surface area contributed by atoms with Crippen molar-refractivity contribution in [1.82, 2.24) is 10.3 Å². The Balaban J connectivity index is 2.78. The topological polar surface area (TPSA) is 28.2 Å². The summed E-state index contributed by atoms with van der Waals surface area (Å²) in [6.45, 7) is 14.0. The number of anilines is 1. The second kappa shape index (κ2) is 6.90. The molecule has 0 saturated heterocycles. The Morgan fingerprint density at radius 2 is 1.95 bits per heavy atom. The van der Waals surface area contributed by atoms with Crippen LogP contribution in [0.2, 0.25) is 0 Å². The monoisotopic (exact) mass is 263 g/mol. The minimum absolute atomic E-state index is 0.279. The van der Waals surface area contributed by atoms with Crippen molar-refractivity contribution in [2.75, 3.05) is 25.0 Å². The smallest absolute Gasteiger partial charge is 0.128 e. The van der Waals surface area contributed by atoms with Crippen molar-refractivity contribution < 1.29 is 0 Å². The van der Waals surface area contributed by atoms with Gasteiger partial charge in [-0.1, -0.05) is 27.7 Å². The van der Waals surface area contributed by atoms with Crippen LogP contribution in [0.5, 0.6) is 0 Å². The lowest BCUT2D eigenvalue weighted by Crippen LogP contribution is -2.30. The summed E-state index contributed by atoms with van der Waals surface area (Å²) in [5, 5.41) is 3.45. The molecule has 0 spiro atoms. The van der Waals surface area contributed by atoms with E-state index < -0.39 is 0 Å². The lowest BCUT2D eigenvalue weighted by atomic mass is 9.96. The molecule has 0 radical (unpaired) electrons. The van der Waals surface area contributed by atoms with Gasteiger partial charge in [0.25, 0.3) is 0 Å². The molecular formula is C16H29N3. The number of nitrogens with one attached hydrogen (secondary N) is 1. The normalized spacial score (nSPS) is 11.7. The Hall–Kier alpha value is -1.09. The molecule has 0 aliphatic carbocycles. The van der Waals surface area contributed by atoms with Crippen LogP contribution in [-0.4, -0.2) is 25.1 Å². The van der Waals surface area contributed by atoms with Gasteiger partial charge in [-0.05, 0) is 43.0 Å². The van der Waals surface area contributed by atoms with Crippen molar-refractivity contribution >= 4 is 5.82 Å². The Bertz CT molecular complexity index is 393. The van der Waals surface area contributed by atoms with Gasteiger partial charge in [-0.15, -0.1) is 0 Å². The number of aromatic nitrogens is 1. The number of aryl methyl sites for hydroxylation is 1. The average Bonchev–Trinajstić information content (AvgIpc) is 2.26. The van der Waals surface area contributed by atoms with Crippen LogP contribution in [0.1, 0.15) is 45.4 Å². The van der Waals surface area contributed by atoms with E-state index in [1.807, 2.05) is 0 Å². The molecule has 1 aromatic heterocycles. The molecule has 0 atom stereocenters. The molecule has 1 aromatic rings. The third-order valence-corrected chi connectivity index (χ3v) is 2.86. The molecule has 0 saturated carbocycles. The van der Waals surface area contributed by atoms with Gasteiger partial charge in [-0.2, -0.15) is 0 Å². The van der Waals surface area contributed by atoms with E-state index in [4.69, 9.17) is 0 Å². The average molecular weight is 263 g/mol. The molecule has 3 nitrogen and oxygen atoms in total. The van der Waals surface area contributed by atoms with Gasteiger partial charge < -0.3 is 10.2 Å². The van der Waals surface area contributed by atoms with Crippen molar-refractivity contribution in [2.45, 2.75) is 47.6 Å². The van der Waals surface area contributed by atoms with Crippen LogP contribution >= 0.6 is 0 Å². The number of hydrogen-bond acceptors (Lipinski definition) is 3. The van der Waals surface area contributed by atoms with Crippen LogP contribution in [0.4, 0.5) is 5.82 Å². The second-order valence-corrected chi connectivity index (χ2v) is 6.57. The summed E-state index contributed by atoms with van der Waals surface area (Å²) in [6.07, 6.45) is 1.17. The summed E-state index contributed by atoms with van der Waals surface area (Å²) in [4.78, 5) is 6.89. The molecule has 19 heavy (non-hydrogen) atoms. The lowest BCUT2D eigenvalue weighted by Gasteiger charge is -2.28. The fourth-order valence-corrected chi connectivity index (χ4v) is 2.22. The molecule has 108 valence electrons. The van der Waals surface area contributed by atoms with Crippen molar-refractivity contribution in [3.8, 4) is 0 Å². The van der Waals surface area contributed by atoms with Crippen molar-refractivity contribution in [2.24, 2.45) is 5.41 Å². The molecule has 1 N–H and O–H groups in total. The first kappa shape index (κ1) is 16.0. The second-order valence-electron chi connectivity index (χ2n) is 6.57. The Morgan fingerprint density at radius 1 is 1.26 bits per heavy atom. The maximum absolute atomic E-state index is 4.64. The molecule has 1 rings (SSSR count). The first-order valence-corrected chi connectivity index (χ1v) is 7.21. The third-order valence-electron chi connectivity index (χ3n) is 2.86. The molecule has 0 aliphatic heterocycles. The van der Waals surface area contributed by atoms with Gasteiger partial charge in [0.05, 0.1) is 0 Å². The highest BCUT2D eigenvalue weighted by Gasteiger charge is 2.15. The largest absolute Gasteiger partial charge is 0.359 e. The van der Waals surface area contributed by atoms with E-state index in [1.54, 1.807) is 0 Å². The molecule has 3 heteroatoms. The van der Waals surface area contributed by atoms with E-state index in [9.17, 15) is 0 Å². The Morgan fingerprint density at radius 3 is 2.53 bits per heavy atom. The number of pyridine rings is 1. The fourth-order valence-electron chi connectivity index (χ4n) is 2.22. The van der Waals surface area contributed by atoms with Crippen molar-refractivity contribution in [3.63, 3.8) is 0 Å². The van der Waals surface area contributed by atoms with Crippen LogP contribution in [0, 0.1) is 12.3 Å². The van der Waals surface area contributed by atoms with Gasteiger partial charge in [0.15, 0.2) is 0 Å². The van der Waals surface area contributed by atoms with Crippen molar-refractivity contribution in [3.05, 3.63) is 23.4 Å². The fraction of sp³-hybridized carbons (Fsp3) is 0.688. The van der Waals surface area contributed by atoms with Crippen LogP contribution in [-0.2, 0) is 6.54 Å². The lowest BCUT2D eigenvalue weighted by molar-refractivity contribution is 0.417. The summed E-state index contributed by atoms with van der Waals surface area (Å²) >= 11 is 0. The minimum atomic E-state index is 0.279. The maximum Gasteiger partial charge on any atom is 0.128 e. The van der Waals surface area contributed by atoms with Crippen molar-refractivity contribution in [1.29, 1.82) is 0 Å². The van der Waals surface area contributed by atoms with Gasteiger partial charge in [-0.3, -0.25) is 0 Å². The zero-order valence-corrected chi connectivity index (χ0v) is 13.4. The first-order valence-electron chi connectivity index (χ1n) is 7.21. The van der Waals surface area contributed by atoms with E-state index >= 15 is 0 Å². The zero-order chi connectivity index (χ0) is 14.5. The molecule has 0 fully saturated rings. The van der Waals surface area contributed by atoms with Crippen LogP contribution < -0.4 is 10.2 Å². The highest BCUT2D eigenvalue weighted by molar-refractivity contribution is 5.42. The van der Waals surface area contributed by atoms with Gasteiger partial charge >= 0.3 is 0 Å². The predicted molar refractivity (Wildman–Crippen MR) is 83.7 cm³/mol. The van der Waals surface area contributed by atoms with Crippen LogP contribution in [0.25, 0.3) is 0 Å². The predicted octanol–water partition coefficient (Wildman–Crippen LogP) is 3.37. The molecule has 1 heterocycles. The first-order chi connectivity index (χ1) is 8.81. The molecule has 0 bridgehead atoms. The highest BCUT2D eigenvalue weighted by atomic mass is 15.2. The van der Waals surface area contributed by atoms with E-state index in [0.717, 1.165) is 31.1 Å². The Kier molecular flexibility index (Phi) is 5.80. The van der Waals surface area contributed by atoms with Gasteiger partial charge in [0.2, 0.25) is 0 Å². The summed E-state index contributed by atoms with van der Waals surface area (Å²) < 4.78 is 0. The summed E-state index contributed by atoms with van der Waals surface area (Å²) in [5.74, 6) is 1.07. The molecule has 0 unspecified atom stereocenters. The summed E-state index contributed by atoms with van der Waals surface area (Å²) in [5.41, 5.74) is 2.68. The summed E-state index contributed by atoms with van der Waals surface area (Å²) in [6, 6.07) is 4.36. The van der Waals surface area contributed by atoms with E-state index in [0.29, 0.717) is 0 Å². The third kappa shape index (κ3) is 6.06. The SMILES string of the molecule is CCCNCc1cc(C)nc(N(C)CC(C)(C)C)c1. The number of nitrogens with zero attached hydrogens (tertiary/aromatic N) is 2. The molecule has 0 aromatic carbocycles. The molecule has 0 aliphatic rings. The van der Waals surface area contributed by atoms with Gasteiger partial charge in [-0.25, -0.2) is 4.98 Å².